The van der Waals surface area contributed by atoms with Gasteiger partial charge in [-0.05, 0) is 47.7 Å². The summed E-state index contributed by atoms with van der Waals surface area (Å²) in [5.41, 5.74) is 7.89. The molecule has 2 aromatic rings. The number of hydrogen-bond donors (Lipinski definition) is 2. The van der Waals surface area contributed by atoms with Gasteiger partial charge in [-0.3, -0.25) is 11.3 Å². The molecule has 1 unspecified atom stereocenters. The molecular formula is C17H19BrN2O. The van der Waals surface area contributed by atoms with E-state index in [-0.39, 0.29) is 6.04 Å². The van der Waals surface area contributed by atoms with E-state index < -0.39 is 0 Å². The van der Waals surface area contributed by atoms with Gasteiger partial charge in [0.1, 0.15) is 5.75 Å². The standard InChI is InChI=1S/C17H19BrN2O/c1-11-4-2-3-5-15(11)16(20-19)10-13-9-14(18)8-12-6-7-21-17(12)13/h2-5,8-9,16,20H,6-7,10,19H2,1H3. The number of nitrogens with one attached hydrogen (secondary N) is 1. The van der Waals surface area contributed by atoms with Crippen molar-refractivity contribution in [3.8, 4) is 5.75 Å². The normalized spacial score (nSPS) is 14.6. The molecule has 21 heavy (non-hydrogen) atoms. The topological polar surface area (TPSA) is 47.3 Å². The van der Waals surface area contributed by atoms with E-state index in [2.05, 4.69) is 58.6 Å². The predicted octanol–water partition coefficient (Wildman–Crippen LogP) is 3.44. The minimum Gasteiger partial charge on any atom is -0.493 e. The lowest BCUT2D eigenvalue weighted by atomic mass is 9.94. The highest BCUT2D eigenvalue weighted by Crippen LogP contribution is 2.35. The van der Waals surface area contributed by atoms with Crippen LogP contribution in [0.25, 0.3) is 0 Å². The van der Waals surface area contributed by atoms with Crippen molar-refractivity contribution < 1.29 is 4.74 Å². The van der Waals surface area contributed by atoms with Crippen LogP contribution < -0.4 is 16.0 Å². The summed E-state index contributed by atoms with van der Waals surface area (Å²) in [6, 6.07) is 12.7. The number of aryl methyl sites for hydroxylation is 1. The fraction of sp³-hybridized carbons (Fsp3) is 0.294. The van der Waals surface area contributed by atoms with Gasteiger partial charge in [0.15, 0.2) is 0 Å². The third-order valence-electron chi connectivity index (χ3n) is 4.01. The summed E-state index contributed by atoms with van der Waals surface area (Å²) < 4.78 is 6.91. The van der Waals surface area contributed by atoms with E-state index in [0.29, 0.717) is 0 Å². The molecule has 0 radical (unpaired) electrons. The highest BCUT2D eigenvalue weighted by Gasteiger charge is 2.21. The van der Waals surface area contributed by atoms with Gasteiger partial charge in [0.2, 0.25) is 0 Å². The Hall–Kier alpha value is -1.36. The third kappa shape index (κ3) is 2.98. The van der Waals surface area contributed by atoms with Crippen LogP contribution in [0.1, 0.15) is 28.3 Å². The van der Waals surface area contributed by atoms with Crippen molar-refractivity contribution in [3.63, 3.8) is 0 Å². The Bertz CT molecular complexity index is 657. The van der Waals surface area contributed by atoms with Crippen LogP contribution in [0.5, 0.6) is 5.75 Å². The van der Waals surface area contributed by atoms with Gasteiger partial charge in [-0.15, -0.1) is 0 Å². The van der Waals surface area contributed by atoms with Crippen molar-refractivity contribution in [2.24, 2.45) is 5.84 Å². The van der Waals surface area contributed by atoms with E-state index in [0.717, 1.165) is 29.7 Å². The Labute approximate surface area is 133 Å². The molecule has 0 fully saturated rings. The minimum atomic E-state index is 0.0776. The van der Waals surface area contributed by atoms with Crippen LogP contribution in [0.4, 0.5) is 0 Å². The number of hydrogen-bond acceptors (Lipinski definition) is 3. The molecule has 1 heterocycles. The monoisotopic (exact) mass is 346 g/mol. The van der Waals surface area contributed by atoms with Crippen LogP contribution in [0, 0.1) is 6.92 Å². The molecule has 110 valence electrons. The summed E-state index contributed by atoms with van der Waals surface area (Å²) in [7, 11) is 0. The van der Waals surface area contributed by atoms with Crippen LogP contribution in [0.15, 0.2) is 40.9 Å². The number of hydrazine groups is 1. The molecule has 3 nitrogen and oxygen atoms in total. The number of nitrogens with two attached hydrogens (primary N) is 1. The van der Waals surface area contributed by atoms with E-state index >= 15 is 0 Å². The molecule has 0 saturated carbocycles. The maximum atomic E-state index is 5.81. The highest BCUT2D eigenvalue weighted by atomic mass is 79.9. The number of rotatable bonds is 4. The fourth-order valence-electron chi connectivity index (χ4n) is 2.95. The van der Waals surface area contributed by atoms with E-state index in [1.54, 1.807) is 0 Å². The second-order valence-corrected chi connectivity index (χ2v) is 6.35. The van der Waals surface area contributed by atoms with Crippen molar-refractivity contribution in [2.75, 3.05) is 6.61 Å². The predicted molar refractivity (Wildman–Crippen MR) is 88.3 cm³/mol. The van der Waals surface area contributed by atoms with Gasteiger partial charge < -0.3 is 4.74 Å². The molecule has 0 bridgehead atoms. The Morgan fingerprint density at radius 1 is 1.33 bits per heavy atom. The Morgan fingerprint density at radius 3 is 2.90 bits per heavy atom. The van der Waals surface area contributed by atoms with Gasteiger partial charge in [0.25, 0.3) is 0 Å². The lowest BCUT2D eigenvalue weighted by molar-refractivity contribution is 0.351. The fourth-order valence-corrected chi connectivity index (χ4v) is 3.51. The van der Waals surface area contributed by atoms with Crippen molar-refractivity contribution in [2.45, 2.75) is 25.8 Å². The second kappa shape index (κ2) is 6.18. The summed E-state index contributed by atoms with van der Waals surface area (Å²) >= 11 is 3.59. The van der Waals surface area contributed by atoms with Crippen molar-refractivity contribution in [3.05, 3.63) is 63.1 Å². The molecule has 0 amide bonds. The molecular weight excluding hydrogens is 328 g/mol. The molecule has 0 aliphatic carbocycles. The van der Waals surface area contributed by atoms with Gasteiger partial charge in [0.05, 0.1) is 12.6 Å². The second-order valence-electron chi connectivity index (χ2n) is 5.43. The molecule has 1 aliphatic rings. The van der Waals surface area contributed by atoms with Crippen molar-refractivity contribution in [1.29, 1.82) is 0 Å². The third-order valence-corrected chi connectivity index (χ3v) is 4.47. The van der Waals surface area contributed by atoms with Crippen molar-refractivity contribution >= 4 is 15.9 Å². The van der Waals surface area contributed by atoms with Gasteiger partial charge in [-0.1, -0.05) is 40.2 Å². The van der Waals surface area contributed by atoms with Gasteiger partial charge >= 0.3 is 0 Å². The first-order valence-corrected chi connectivity index (χ1v) is 7.94. The summed E-state index contributed by atoms with van der Waals surface area (Å²) in [6.07, 6.45) is 1.79. The maximum absolute atomic E-state index is 5.81. The Balaban J connectivity index is 1.94. The first-order valence-electron chi connectivity index (χ1n) is 7.15. The Morgan fingerprint density at radius 2 is 2.14 bits per heavy atom. The zero-order valence-corrected chi connectivity index (χ0v) is 13.6. The SMILES string of the molecule is Cc1ccccc1C(Cc1cc(Br)cc2c1OCC2)NN. The van der Waals surface area contributed by atoms with E-state index in [1.165, 1.54) is 22.3 Å². The summed E-state index contributed by atoms with van der Waals surface area (Å²) in [6.45, 7) is 2.88. The van der Waals surface area contributed by atoms with E-state index in [4.69, 9.17) is 10.6 Å². The smallest absolute Gasteiger partial charge is 0.125 e. The number of benzene rings is 2. The van der Waals surface area contributed by atoms with Crippen LogP contribution in [-0.2, 0) is 12.8 Å². The summed E-state index contributed by atoms with van der Waals surface area (Å²) in [5, 5.41) is 0. The number of ether oxygens (including phenoxy) is 1. The summed E-state index contributed by atoms with van der Waals surface area (Å²) in [5.74, 6) is 6.84. The quantitative estimate of drug-likeness (QED) is 0.658. The van der Waals surface area contributed by atoms with E-state index in [9.17, 15) is 0 Å². The van der Waals surface area contributed by atoms with Crippen molar-refractivity contribution in [1.82, 2.24) is 5.43 Å². The molecule has 0 spiro atoms. The number of fused-ring (bicyclic) bond motifs is 1. The molecule has 3 N–H and O–H groups in total. The van der Waals surface area contributed by atoms with Gasteiger partial charge in [0, 0.05) is 10.9 Å². The highest BCUT2D eigenvalue weighted by molar-refractivity contribution is 9.10. The minimum absolute atomic E-state index is 0.0776. The molecule has 3 rings (SSSR count). The Kier molecular flexibility index (Phi) is 4.29. The first kappa shape index (κ1) is 14.6. The molecule has 0 saturated heterocycles. The zero-order chi connectivity index (χ0) is 14.8. The average Bonchev–Trinajstić information content (AvgIpc) is 2.93. The molecule has 2 aromatic carbocycles. The number of halogens is 1. The van der Waals surface area contributed by atoms with Gasteiger partial charge in [-0.2, -0.15) is 0 Å². The average molecular weight is 347 g/mol. The van der Waals surface area contributed by atoms with Gasteiger partial charge in [-0.25, -0.2) is 0 Å². The summed E-state index contributed by atoms with van der Waals surface area (Å²) in [4.78, 5) is 0. The molecule has 0 aromatic heterocycles. The molecule has 1 atom stereocenters. The first-order chi connectivity index (χ1) is 10.2. The zero-order valence-electron chi connectivity index (χ0n) is 12.0. The maximum Gasteiger partial charge on any atom is 0.125 e. The van der Waals surface area contributed by atoms with Crippen LogP contribution in [0.2, 0.25) is 0 Å². The molecule has 4 heteroatoms. The molecule has 1 aliphatic heterocycles. The van der Waals surface area contributed by atoms with E-state index in [1.807, 2.05) is 6.07 Å². The van der Waals surface area contributed by atoms with Crippen LogP contribution >= 0.6 is 15.9 Å². The van der Waals surface area contributed by atoms with Crippen LogP contribution in [-0.4, -0.2) is 6.61 Å². The lowest BCUT2D eigenvalue weighted by Gasteiger charge is -2.20. The lowest BCUT2D eigenvalue weighted by Crippen LogP contribution is -2.30. The largest absolute Gasteiger partial charge is 0.493 e. The van der Waals surface area contributed by atoms with Crippen LogP contribution in [0.3, 0.4) is 0 Å².